The van der Waals surface area contributed by atoms with Gasteiger partial charge in [0.15, 0.2) is 5.83 Å². The predicted octanol–water partition coefficient (Wildman–Crippen LogP) is 6.38. The first-order valence-corrected chi connectivity index (χ1v) is 8.20. The summed E-state index contributed by atoms with van der Waals surface area (Å²) in [5.74, 6) is -0.691. The molecule has 0 heterocycles. The van der Waals surface area contributed by atoms with E-state index in [1.807, 2.05) is 30.3 Å². The van der Waals surface area contributed by atoms with Gasteiger partial charge in [-0.15, -0.1) is 0 Å². The maximum atomic E-state index is 13.3. The van der Waals surface area contributed by atoms with Crippen LogP contribution >= 0.6 is 0 Å². The van der Waals surface area contributed by atoms with Gasteiger partial charge < -0.3 is 4.74 Å². The van der Waals surface area contributed by atoms with Crippen molar-refractivity contribution in [1.29, 1.82) is 0 Å². The van der Waals surface area contributed by atoms with Crippen LogP contribution in [0.25, 0.3) is 0 Å². The minimum Gasteiger partial charge on any atom is -0.490 e. The van der Waals surface area contributed by atoms with E-state index in [0.29, 0.717) is 25.4 Å². The number of halogens is 3. The van der Waals surface area contributed by atoms with Crippen LogP contribution in [0.1, 0.15) is 50.5 Å². The predicted molar refractivity (Wildman–Crippen MR) is 86.4 cm³/mol. The lowest BCUT2D eigenvalue weighted by molar-refractivity contribution is 0.281. The van der Waals surface area contributed by atoms with Crippen LogP contribution in [-0.2, 0) is 0 Å². The molecule has 0 bridgehead atoms. The molecule has 126 valence electrons. The van der Waals surface area contributed by atoms with E-state index in [9.17, 15) is 13.2 Å². The first kappa shape index (κ1) is 17.6. The molecular formula is C19H23F3O. The van der Waals surface area contributed by atoms with Crippen molar-refractivity contribution in [3.8, 4) is 5.75 Å². The Kier molecular flexibility index (Phi) is 6.75. The molecule has 1 saturated carbocycles. The van der Waals surface area contributed by atoms with Gasteiger partial charge in [-0.2, -0.15) is 8.78 Å². The molecule has 1 aromatic carbocycles. The van der Waals surface area contributed by atoms with Crippen LogP contribution < -0.4 is 4.74 Å². The molecule has 0 N–H and O–H groups in total. The van der Waals surface area contributed by atoms with Gasteiger partial charge in [0.05, 0.1) is 0 Å². The Hall–Kier alpha value is -1.71. The van der Waals surface area contributed by atoms with Crippen molar-refractivity contribution in [2.75, 3.05) is 6.61 Å². The third kappa shape index (κ3) is 5.15. The fourth-order valence-electron chi connectivity index (χ4n) is 3.05. The zero-order valence-corrected chi connectivity index (χ0v) is 13.4. The van der Waals surface area contributed by atoms with Crippen molar-refractivity contribution in [2.45, 2.75) is 44.9 Å². The highest BCUT2D eigenvalue weighted by atomic mass is 19.3. The maximum absolute atomic E-state index is 13.3. The summed E-state index contributed by atoms with van der Waals surface area (Å²) in [7, 11) is 0. The summed E-state index contributed by atoms with van der Waals surface area (Å²) in [4.78, 5) is 0. The van der Waals surface area contributed by atoms with E-state index in [1.165, 1.54) is 5.56 Å². The van der Waals surface area contributed by atoms with Gasteiger partial charge in [-0.3, -0.25) is 0 Å². The highest BCUT2D eigenvalue weighted by Gasteiger charge is 2.27. The van der Waals surface area contributed by atoms with E-state index in [4.69, 9.17) is 4.74 Å². The Morgan fingerprint density at radius 1 is 1.04 bits per heavy atom. The maximum Gasteiger partial charge on any atom is 0.301 e. The quantitative estimate of drug-likeness (QED) is 0.551. The van der Waals surface area contributed by atoms with Crippen molar-refractivity contribution in [2.24, 2.45) is 5.92 Å². The van der Waals surface area contributed by atoms with E-state index >= 15 is 0 Å². The first-order chi connectivity index (χ1) is 11.1. The first-order valence-electron chi connectivity index (χ1n) is 8.20. The Morgan fingerprint density at radius 2 is 1.70 bits per heavy atom. The van der Waals surface area contributed by atoms with Crippen molar-refractivity contribution < 1.29 is 17.9 Å². The van der Waals surface area contributed by atoms with Crippen molar-refractivity contribution in [3.63, 3.8) is 0 Å². The summed E-state index contributed by atoms with van der Waals surface area (Å²) < 4.78 is 43.5. The largest absolute Gasteiger partial charge is 0.490 e. The molecule has 0 amide bonds. The average molecular weight is 324 g/mol. The molecule has 1 fully saturated rings. The number of allylic oxidation sites excluding steroid dienone is 2. The SMILES string of the molecule is CC/C=C/COc1ccc(C2CCC(C(F)=C(F)F)CC2)cc1. The van der Waals surface area contributed by atoms with E-state index in [2.05, 4.69) is 13.0 Å². The summed E-state index contributed by atoms with van der Waals surface area (Å²) in [5.41, 5.74) is 1.17. The molecule has 1 aliphatic carbocycles. The summed E-state index contributed by atoms with van der Waals surface area (Å²) in [5, 5.41) is 0. The van der Waals surface area contributed by atoms with Gasteiger partial charge in [0, 0.05) is 5.92 Å². The molecule has 0 spiro atoms. The molecule has 0 aliphatic heterocycles. The van der Waals surface area contributed by atoms with Crippen LogP contribution in [0.2, 0.25) is 0 Å². The zero-order chi connectivity index (χ0) is 16.7. The van der Waals surface area contributed by atoms with Gasteiger partial charge in [-0.05, 0) is 55.7 Å². The molecule has 2 rings (SSSR count). The molecule has 1 nitrogen and oxygen atoms in total. The Bertz CT molecular complexity index is 536. The van der Waals surface area contributed by atoms with Crippen LogP contribution in [0.3, 0.4) is 0 Å². The van der Waals surface area contributed by atoms with Gasteiger partial charge in [0.2, 0.25) is 0 Å². The van der Waals surface area contributed by atoms with Gasteiger partial charge in [0.25, 0.3) is 0 Å². The topological polar surface area (TPSA) is 9.23 Å². The number of ether oxygens (including phenoxy) is 1. The highest BCUT2D eigenvalue weighted by Crippen LogP contribution is 2.40. The summed E-state index contributed by atoms with van der Waals surface area (Å²) in [6, 6.07) is 7.91. The smallest absolute Gasteiger partial charge is 0.301 e. The van der Waals surface area contributed by atoms with Crippen molar-refractivity contribution in [1.82, 2.24) is 0 Å². The van der Waals surface area contributed by atoms with Crippen LogP contribution in [-0.4, -0.2) is 6.61 Å². The molecule has 0 atom stereocenters. The lowest BCUT2D eigenvalue weighted by Crippen LogP contribution is -2.14. The number of rotatable bonds is 6. The Labute approximate surface area is 135 Å². The summed E-state index contributed by atoms with van der Waals surface area (Å²) >= 11 is 0. The van der Waals surface area contributed by atoms with Crippen LogP contribution in [0.4, 0.5) is 13.2 Å². The van der Waals surface area contributed by atoms with E-state index < -0.39 is 17.8 Å². The minimum atomic E-state index is -2.16. The number of hydrogen-bond donors (Lipinski definition) is 0. The molecule has 0 radical (unpaired) electrons. The molecule has 0 aromatic heterocycles. The van der Waals surface area contributed by atoms with Crippen molar-refractivity contribution >= 4 is 0 Å². The summed E-state index contributed by atoms with van der Waals surface area (Å²) in [6.45, 7) is 2.63. The summed E-state index contributed by atoms with van der Waals surface area (Å²) in [6.07, 6.45) is 5.32. The molecule has 23 heavy (non-hydrogen) atoms. The molecule has 1 aromatic rings. The van der Waals surface area contributed by atoms with E-state index in [-0.39, 0.29) is 0 Å². The van der Waals surface area contributed by atoms with Gasteiger partial charge in [0.1, 0.15) is 12.4 Å². The standard InChI is InChI=1S/C19H23F3O/c1-2-3-4-13-23-17-11-9-15(10-12-17)14-5-7-16(8-6-14)18(20)19(21)22/h3-4,9-12,14,16H,2,5-8,13H2,1H3/b4-3+. The lowest BCUT2D eigenvalue weighted by atomic mass is 9.78. The highest BCUT2D eigenvalue weighted by molar-refractivity contribution is 5.30. The van der Waals surface area contributed by atoms with Crippen LogP contribution in [0.5, 0.6) is 5.75 Å². The zero-order valence-electron chi connectivity index (χ0n) is 13.4. The van der Waals surface area contributed by atoms with Crippen molar-refractivity contribution in [3.05, 3.63) is 53.9 Å². The molecule has 1 aliphatic rings. The lowest BCUT2D eigenvalue weighted by Gasteiger charge is -2.27. The number of benzene rings is 1. The van der Waals surface area contributed by atoms with E-state index in [0.717, 1.165) is 25.0 Å². The second kappa shape index (κ2) is 8.80. The third-order valence-corrected chi connectivity index (χ3v) is 4.37. The average Bonchev–Trinajstić information content (AvgIpc) is 2.59. The monoisotopic (exact) mass is 324 g/mol. The molecular weight excluding hydrogens is 301 g/mol. The Morgan fingerprint density at radius 3 is 2.26 bits per heavy atom. The minimum absolute atomic E-state index is 0.316. The normalized spacial score (nSPS) is 21.4. The van der Waals surface area contributed by atoms with E-state index in [1.54, 1.807) is 0 Å². The van der Waals surface area contributed by atoms with Gasteiger partial charge >= 0.3 is 6.08 Å². The second-order valence-corrected chi connectivity index (χ2v) is 5.92. The Balaban J connectivity index is 1.87. The second-order valence-electron chi connectivity index (χ2n) is 5.92. The molecule has 0 unspecified atom stereocenters. The molecule has 0 saturated heterocycles. The van der Waals surface area contributed by atoms with Gasteiger partial charge in [-0.1, -0.05) is 31.2 Å². The number of hydrogen-bond acceptors (Lipinski definition) is 1. The third-order valence-electron chi connectivity index (χ3n) is 4.37. The van der Waals surface area contributed by atoms with Crippen LogP contribution in [0, 0.1) is 5.92 Å². The molecule has 4 heteroatoms. The van der Waals surface area contributed by atoms with Gasteiger partial charge in [-0.25, -0.2) is 4.39 Å². The fraction of sp³-hybridized carbons (Fsp3) is 0.474. The van der Waals surface area contributed by atoms with Crippen LogP contribution in [0.15, 0.2) is 48.3 Å². The fourth-order valence-corrected chi connectivity index (χ4v) is 3.05.